The molecule has 2 heterocycles. The number of carbonyl (C=O) groups is 3. The Morgan fingerprint density at radius 2 is 2.31 bits per heavy atom. The van der Waals surface area contributed by atoms with Crippen molar-refractivity contribution in [2.24, 2.45) is 11.7 Å². The number of hydrogen-bond acceptors (Lipinski definition) is 6. The maximum atomic E-state index is 12.6. The van der Waals surface area contributed by atoms with E-state index in [4.69, 9.17) is 15.9 Å². The summed E-state index contributed by atoms with van der Waals surface area (Å²) in [4.78, 5) is 37.6. The molecule has 1 aromatic heterocycles. The molecular formula is C16H23N5O4S. The van der Waals surface area contributed by atoms with Crippen LogP contribution in [0.4, 0.5) is 0 Å². The largest absolute Gasteiger partial charge is 0.384 e. The quantitative estimate of drug-likeness (QED) is 0.254. The molecular weight excluding hydrogens is 358 g/mol. The lowest BCUT2D eigenvalue weighted by Gasteiger charge is -2.23. The van der Waals surface area contributed by atoms with Crippen molar-refractivity contribution in [1.82, 2.24) is 15.5 Å². The topological polar surface area (TPSA) is 138 Å². The Labute approximate surface area is 155 Å². The predicted octanol–water partition coefficient (Wildman–Crippen LogP) is -0.742. The van der Waals surface area contributed by atoms with E-state index in [0.717, 1.165) is 4.88 Å². The van der Waals surface area contributed by atoms with Gasteiger partial charge in [0.05, 0.1) is 19.7 Å². The van der Waals surface area contributed by atoms with Gasteiger partial charge < -0.3 is 26.0 Å². The number of likely N-dealkylation sites (tertiary alicyclic amines) is 1. The van der Waals surface area contributed by atoms with E-state index in [0.29, 0.717) is 38.1 Å². The van der Waals surface area contributed by atoms with Gasteiger partial charge in [-0.25, -0.2) is 0 Å². The number of ether oxygens (including phenoxy) is 1. The molecule has 5 N–H and O–H groups in total. The van der Waals surface area contributed by atoms with Crippen LogP contribution in [0.5, 0.6) is 0 Å². The molecule has 0 saturated carbocycles. The summed E-state index contributed by atoms with van der Waals surface area (Å²) in [6.07, 6.45) is 0.967. The summed E-state index contributed by atoms with van der Waals surface area (Å²) in [7, 11) is 1.58. The molecule has 2 unspecified atom stereocenters. The Hall–Kier alpha value is -2.46. The summed E-state index contributed by atoms with van der Waals surface area (Å²) in [5, 5.41) is 14.3. The van der Waals surface area contributed by atoms with Crippen molar-refractivity contribution in [3.63, 3.8) is 0 Å². The summed E-state index contributed by atoms with van der Waals surface area (Å²) in [6, 6.07) is 1.16. The number of nitrogens with two attached hydrogens (primary N) is 1. The highest BCUT2D eigenvalue weighted by Gasteiger charge is 2.39. The van der Waals surface area contributed by atoms with Gasteiger partial charge in [0.15, 0.2) is 0 Å². The molecule has 1 aliphatic heterocycles. The second-order valence-corrected chi connectivity index (χ2v) is 7.05. The molecule has 2 rings (SSSR count). The molecule has 0 radical (unpaired) electrons. The normalized spacial score (nSPS) is 19.2. The average Bonchev–Trinajstić information content (AvgIpc) is 3.25. The zero-order chi connectivity index (χ0) is 19.1. The second kappa shape index (κ2) is 9.30. The van der Waals surface area contributed by atoms with Gasteiger partial charge in [-0.1, -0.05) is 0 Å². The molecule has 3 amide bonds. The maximum Gasteiger partial charge on any atom is 0.243 e. The van der Waals surface area contributed by atoms with Crippen molar-refractivity contribution in [3.8, 4) is 0 Å². The van der Waals surface area contributed by atoms with Gasteiger partial charge >= 0.3 is 0 Å². The summed E-state index contributed by atoms with van der Waals surface area (Å²) >= 11 is 1.40. The number of hydrogen-bond donors (Lipinski definition) is 4. The number of carbonyl (C=O) groups excluding carboxylic acids is 3. The van der Waals surface area contributed by atoms with Crippen LogP contribution in [0.3, 0.4) is 0 Å². The Balaban J connectivity index is 1.98. The van der Waals surface area contributed by atoms with Crippen molar-refractivity contribution < 1.29 is 19.1 Å². The predicted molar refractivity (Wildman–Crippen MR) is 96.7 cm³/mol. The molecule has 1 saturated heterocycles. The molecule has 2 atom stereocenters. The average molecular weight is 381 g/mol. The number of thiophene rings is 1. The van der Waals surface area contributed by atoms with Crippen molar-refractivity contribution in [2.45, 2.75) is 19.0 Å². The van der Waals surface area contributed by atoms with E-state index in [-0.39, 0.29) is 30.1 Å². The molecule has 0 aliphatic carbocycles. The van der Waals surface area contributed by atoms with E-state index in [1.54, 1.807) is 18.6 Å². The molecule has 142 valence electrons. The van der Waals surface area contributed by atoms with E-state index in [1.807, 2.05) is 0 Å². The van der Waals surface area contributed by atoms with Gasteiger partial charge in [-0.05, 0) is 12.5 Å². The van der Waals surface area contributed by atoms with Gasteiger partial charge in [0.2, 0.25) is 18.2 Å². The monoisotopic (exact) mass is 381 g/mol. The van der Waals surface area contributed by atoms with E-state index in [2.05, 4.69) is 10.6 Å². The van der Waals surface area contributed by atoms with Crippen LogP contribution >= 0.6 is 11.3 Å². The molecule has 1 aliphatic rings. The first-order valence-electron chi connectivity index (χ1n) is 8.11. The minimum Gasteiger partial charge on any atom is -0.384 e. The fourth-order valence-electron chi connectivity index (χ4n) is 2.94. The van der Waals surface area contributed by atoms with Gasteiger partial charge in [-0.2, -0.15) is 0 Å². The summed E-state index contributed by atoms with van der Waals surface area (Å²) in [5.41, 5.74) is 6.06. The van der Waals surface area contributed by atoms with Crippen molar-refractivity contribution in [3.05, 3.63) is 21.9 Å². The Morgan fingerprint density at radius 3 is 2.92 bits per heavy atom. The summed E-state index contributed by atoms with van der Waals surface area (Å²) in [6.45, 7) is 1.04. The van der Waals surface area contributed by atoms with Crippen LogP contribution in [0.1, 0.15) is 16.9 Å². The fourth-order valence-corrected chi connectivity index (χ4v) is 3.76. The Bertz CT molecular complexity index is 677. The third kappa shape index (κ3) is 5.02. The molecule has 0 aromatic carbocycles. The number of amidine groups is 1. The van der Waals surface area contributed by atoms with Crippen LogP contribution in [0.2, 0.25) is 0 Å². The minimum absolute atomic E-state index is 0.0172. The van der Waals surface area contributed by atoms with Gasteiger partial charge in [0.1, 0.15) is 11.9 Å². The lowest BCUT2D eigenvalue weighted by Crippen LogP contribution is -2.48. The van der Waals surface area contributed by atoms with Gasteiger partial charge in [-0.3, -0.25) is 19.8 Å². The van der Waals surface area contributed by atoms with Crippen molar-refractivity contribution in [2.75, 3.05) is 26.8 Å². The third-order valence-electron chi connectivity index (χ3n) is 4.15. The maximum absolute atomic E-state index is 12.6. The highest BCUT2D eigenvalue weighted by molar-refractivity contribution is 7.10. The highest BCUT2D eigenvalue weighted by atomic mass is 32.1. The molecule has 0 spiro atoms. The summed E-state index contributed by atoms with van der Waals surface area (Å²) < 4.78 is 5.15. The first-order valence-corrected chi connectivity index (χ1v) is 8.99. The Morgan fingerprint density at radius 1 is 1.54 bits per heavy atom. The molecule has 26 heavy (non-hydrogen) atoms. The van der Waals surface area contributed by atoms with Crippen LogP contribution in [0, 0.1) is 11.3 Å². The fraction of sp³-hybridized carbons (Fsp3) is 0.500. The van der Waals surface area contributed by atoms with E-state index >= 15 is 0 Å². The molecule has 0 bridgehead atoms. The van der Waals surface area contributed by atoms with Crippen LogP contribution in [0.25, 0.3) is 0 Å². The number of nitrogens with one attached hydrogen (secondary N) is 3. The molecule has 10 heteroatoms. The van der Waals surface area contributed by atoms with Crippen LogP contribution in [-0.2, 0) is 25.7 Å². The molecule has 9 nitrogen and oxygen atoms in total. The van der Waals surface area contributed by atoms with Crippen LogP contribution in [-0.4, -0.2) is 61.8 Å². The number of methoxy groups -OCH3 is 1. The lowest BCUT2D eigenvalue weighted by molar-refractivity contribution is -0.138. The lowest BCUT2D eigenvalue weighted by atomic mass is 10.1. The summed E-state index contributed by atoms with van der Waals surface area (Å²) in [5.74, 6) is -0.495. The van der Waals surface area contributed by atoms with Gasteiger partial charge in [-0.15, -0.1) is 11.3 Å². The van der Waals surface area contributed by atoms with E-state index in [1.165, 1.54) is 16.2 Å². The van der Waals surface area contributed by atoms with E-state index < -0.39 is 6.04 Å². The Kier molecular flexibility index (Phi) is 7.10. The SMILES string of the molecule is COCC1CC(C(=O)NCc2cc(C(=N)N)cs2)N(C(=O)CNC=O)C1. The van der Waals surface area contributed by atoms with Crippen LogP contribution < -0.4 is 16.4 Å². The smallest absolute Gasteiger partial charge is 0.243 e. The number of nitrogen functional groups attached to an aromatic ring is 1. The highest BCUT2D eigenvalue weighted by Crippen LogP contribution is 2.24. The first-order chi connectivity index (χ1) is 12.5. The first kappa shape index (κ1) is 19.9. The van der Waals surface area contributed by atoms with E-state index in [9.17, 15) is 14.4 Å². The van der Waals surface area contributed by atoms with Gasteiger partial charge in [0.25, 0.3) is 0 Å². The molecule has 1 aromatic rings. The number of amides is 3. The molecule has 1 fully saturated rings. The van der Waals surface area contributed by atoms with Crippen molar-refractivity contribution >= 4 is 35.4 Å². The second-order valence-electron chi connectivity index (χ2n) is 6.05. The zero-order valence-electron chi connectivity index (χ0n) is 14.5. The van der Waals surface area contributed by atoms with Gasteiger partial charge in [0, 0.05) is 35.4 Å². The number of rotatable bonds is 9. The van der Waals surface area contributed by atoms with Crippen molar-refractivity contribution in [1.29, 1.82) is 5.41 Å². The third-order valence-corrected chi connectivity index (χ3v) is 5.09. The van der Waals surface area contributed by atoms with Crippen LogP contribution in [0.15, 0.2) is 11.4 Å². The standard InChI is InChI=1S/C16H23N5O4S/c1-25-7-10-2-13(21(6-10)14(23)5-19-9-22)16(24)20-4-12-3-11(8-26-12)15(17)18/h3,8-10,13H,2,4-7H2,1H3,(H3,17,18)(H,19,22)(H,20,24). The zero-order valence-corrected chi connectivity index (χ0v) is 15.3. The number of nitrogens with zero attached hydrogens (tertiary/aromatic N) is 1. The minimum atomic E-state index is -0.594.